The molecule has 0 saturated carbocycles. The van der Waals surface area contributed by atoms with E-state index in [0.29, 0.717) is 31.4 Å². The molecule has 2 rings (SSSR count). The molecule has 1 aliphatic rings. The number of aryl methyl sites for hydroxylation is 1. The molecule has 1 aromatic carbocycles. The Labute approximate surface area is 136 Å². The van der Waals surface area contributed by atoms with E-state index in [1.165, 1.54) is 29.4 Å². The Morgan fingerprint density at radius 3 is 2.83 bits per heavy atom. The normalized spacial score (nSPS) is 19.7. The Morgan fingerprint density at radius 1 is 1.39 bits per heavy atom. The van der Waals surface area contributed by atoms with Crippen LogP contribution in [0.25, 0.3) is 0 Å². The molecule has 5 nitrogen and oxygen atoms in total. The highest BCUT2D eigenvalue weighted by atomic mass is 32.2. The molecule has 1 aliphatic heterocycles. The van der Waals surface area contributed by atoms with Crippen molar-refractivity contribution in [1.82, 2.24) is 4.31 Å². The molecule has 1 fully saturated rings. The fourth-order valence-electron chi connectivity index (χ4n) is 3.01. The van der Waals surface area contributed by atoms with Gasteiger partial charge in [0.1, 0.15) is 10.7 Å². The summed E-state index contributed by atoms with van der Waals surface area (Å²) in [7, 11) is -3.90. The molecular weight excluding hydrogens is 321 g/mol. The number of aliphatic carboxylic acids is 1. The van der Waals surface area contributed by atoms with E-state index in [4.69, 9.17) is 5.11 Å². The lowest BCUT2D eigenvalue weighted by Crippen LogP contribution is -2.44. The second kappa shape index (κ2) is 7.40. The van der Waals surface area contributed by atoms with Crippen molar-refractivity contribution >= 4 is 16.0 Å². The number of hydrogen-bond acceptors (Lipinski definition) is 3. The largest absolute Gasteiger partial charge is 0.481 e. The first kappa shape index (κ1) is 17.9. The topological polar surface area (TPSA) is 74.7 Å². The molecule has 0 aromatic heterocycles. The average molecular weight is 343 g/mol. The number of sulfonamides is 1. The number of hydrogen-bond donors (Lipinski definition) is 1. The van der Waals surface area contributed by atoms with Crippen molar-refractivity contribution in [3.05, 3.63) is 29.6 Å². The van der Waals surface area contributed by atoms with Crippen molar-refractivity contribution in [2.45, 2.75) is 56.4 Å². The second-order valence-electron chi connectivity index (χ2n) is 5.94. The molecule has 1 N–H and O–H groups in total. The molecule has 0 radical (unpaired) electrons. The number of benzene rings is 1. The van der Waals surface area contributed by atoms with Gasteiger partial charge in [-0.1, -0.05) is 18.6 Å². The van der Waals surface area contributed by atoms with Gasteiger partial charge in [0.05, 0.1) is 0 Å². The van der Waals surface area contributed by atoms with E-state index in [9.17, 15) is 17.6 Å². The Hall–Kier alpha value is -1.47. The van der Waals surface area contributed by atoms with E-state index >= 15 is 0 Å². The van der Waals surface area contributed by atoms with Crippen LogP contribution in [-0.2, 0) is 14.8 Å². The van der Waals surface area contributed by atoms with Gasteiger partial charge >= 0.3 is 5.97 Å². The average Bonchev–Trinajstić information content (AvgIpc) is 2.50. The van der Waals surface area contributed by atoms with E-state index < -0.39 is 21.8 Å². The summed E-state index contributed by atoms with van der Waals surface area (Å²) in [6.07, 6.45) is 3.25. The maximum Gasteiger partial charge on any atom is 0.303 e. The molecule has 0 bridgehead atoms. The zero-order valence-electron chi connectivity index (χ0n) is 13.2. The van der Waals surface area contributed by atoms with Crippen molar-refractivity contribution in [3.8, 4) is 0 Å². The quantitative estimate of drug-likeness (QED) is 0.862. The highest BCUT2D eigenvalue weighted by molar-refractivity contribution is 7.89. The predicted octanol–water partition coefficient (Wildman–Crippen LogP) is 2.93. The van der Waals surface area contributed by atoms with Crippen molar-refractivity contribution < 1.29 is 22.7 Å². The van der Waals surface area contributed by atoms with Crippen LogP contribution in [-0.4, -0.2) is 36.4 Å². The van der Waals surface area contributed by atoms with E-state index in [-0.39, 0.29) is 17.4 Å². The summed E-state index contributed by atoms with van der Waals surface area (Å²) in [4.78, 5) is 10.4. The van der Waals surface area contributed by atoms with Gasteiger partial charge in [-0.05, 0) is 44.2 Å². The summed E-state index contributed by atoms with van der Waals surface area (Å²) in [6.45, 7) is 1.89. The van der Waals surface area contributed by atoms with Gasteiger partial charge in [0.2, 0.25) is 10.0 Å². The number of rotatable bonds is 6. The number of piperidine rings is 1. The van der Waals surface area contributed by atoms with Gasteiger partial charge in [-0.2, -0.15) is 4.31 Å². The molecule has 7 heteroatoms. The zero-order valence-corrected chi connectivity index (χ0v) is 14.0. The van der Waals surface area contributed by atoms with Crippen molar-refractivity contribution in [2.75, 3.05) is 6.54 Å². The van der Waals surface area contributed by atoms with Crippen LogP contribution in [0.15, 0.2) is 23.1 Å². The number of nitrogens with zero attached hydrogens (tertiary/aromatic N) is 1. The van der Waals surface area contributed by atoms with Gasteiger partial charge < -0.3 is 5.11 Å². The molecular formula is C16H22FNO4S. The monoisotopic (exact) mass is 343 g/mol. The van der Waals surface area contributed by atoms with Crippen LogP contribution in [0, 0.1) is 12.7 Å². The lowest BCUT2D eigenvalue weighted by atomic mass is 10.00. The Kier molecular flexibility index (Phi) is 5.75. The summed E-state index contributed by atoms with van der Waals surface area (Å²) < 4.78 is 41.3. The minimum absolute atomic E-state index is 0.0171. The maximum absolute atomic E-state index is 14.3. The molecule has 1 heterocycles. The van der Waals surface area contributed by atoms with Crippen LogP contribution in [0.3, 0.4) is 0 Å². The first-order chi connectivity index (χ1) is 10.8. The van der Waals surface area contributed by atoms with Gasteiger partial charge in [-0.15, -0.1) is 0 Å². The zero-order chi connectivity index (χ0) is 17.0. The number of carboxylic acids is 1. The number of halogens is 1. The van der Waals surface area contributed by atoms with Crippen LogP contribution in [0.2, 0.25) is 0 Å². The lowest BCUT2D eigenvalue weighted by Gasteiger charge is -2.34. The van der Waals surface area contributed by atoms with E-state index in [1.54, 1.807) is 0 Å². The second-order valence-corrected chi connectivity index (χ2v) is 7.80. The summed E-state index contributed by atoms with van der Waals surface area (Å²) in [5.41, 5.74) is 0.297. The van der Waals surface area contributed by atoms with Crippen LogP contribution in [0.1, 0.15) is 44.1 Å². The summed E-state index contributed by atoms with van der Waals surface area (Å²) in [5, 5.41) is 8.73. The highest BCUT2D eigenvalue weighted by Gasteiger charge is 2.35. The first-order valence-electron chi connectivity index (χ1n) is 7.83. The lowest BCUT2D eigenvalue weighted by molar-refractivity contribution is -0.137. The SMILES string of the molecule is Cc1cccc(S(=O)(=O)N2CCCCC2CCCC(=O)O)c1F. The fraction of sp³-hybridized carbons (Fsp3) is 0.562. The van der Waals surface area contributed by atoms with Crippen LogP contribution >= 0.6 is 0 Å². The highest BCUT2D eigenvalue weighted by Crippen LogP contribution is 2.29. The molecule has 1 unspecified atom stereocenters. The van der Waals surface area contributed by atoms with Gasteiger partial charge in [-0.3, -0.25) is 4.79 Å². The summed E-state index contributed by atoms with van der Waals surface area (Å²) in [5.74, 6) is -1.60. The predicted molar refractivity (Wildman–Crippen MR) is 84.2 cm³/mol. The first-order valence-corrected chi connectivity index (χ1v) is 9.27. The molecule has 23 heavy (non-hydrogen) atoms. The van der Waals surface area contributed by atoms with Crippen LogP contribution in [0.5, 0.6) is 0 Å². The van der Waals surface area contributed by atoms with Gasteiger partial charge in [-0.25, -0.2) is 12.8 Å². The number of carbonyl (C=O) groups is 1. The summed E-state index contributed by atoms with van der Waals surface area (Å²) >= 11 is 0. The van der Waals surface area contributed by atoms with Gasteiger partial charge in [0, 0.05) is 19.0 Å². The Bertz CT molecular complexity index is 675. The Morgan fingerprint density at radius 2 is 2.13 bits per heavy atom. The third-order valence-electron chi connectivity index (χ3n) is 4.24. The summed E-state index contributed by atoms with van der Waals surface area (Å²) in [6, 6.07) is 4.11. The third-order valence-corrected chi connectivity index (χ3v) is 6.21. The fourth-order valence-corrected chi connectivity index (χ4v) is 4.88. The van der Waals surface area contributed by atoms with Crippen molar-refractivity contribution in [3.63, 3.8) is 0 Å². The smallest absolute Gasteiger partial charge is 0.303 e. The van der Waals surface area contributed by atoms with E-state index in [1.807, 2.05) is 0 Å². The molecule has 1 saturated heterocycles. The van der Waals surface area contributed by atoms with Crippen molar-refractivity contribution in [1.29, 1.82) is 0 Å². The standard InChI is InChI=1S/C16H22FNO4S/c1-12-6-4-9-14(16(12)17)23(21,22)18-11-3-2-7-13(18)8-5-10-15(19)20/h4,6,9,13H,2-3,5,7-8,10-11H2,1H3,(H,19,20). The minimum Gasteiger partial charge on any atom is -0.481 e. The maximum atomic E-state index is 14.3. The molecule has 0 aliphatic carbocycles. The Balaban J connectivity index is 2.24. The van der Waals surface area contributed by atoms with Gasteiger partial charge in [0.15, 0.2) is 0 Å². The van der Waals surface area contributed by atoms with E-state index in [2.05, 4.69) is 0 Å². The van der Waals surface area contributed by atoms with Crippen LogP contribution < -0.4 is 0 Å². The van der Waals surface area contributed by atoms with Crippen LogP contribution in [0.4, 0.5) is 4.39 Å². The molecule has 0 spiro atoms. The van der Waals surface area contributed by atoms with Crippen molar-refractivity contribution in [2.24, 2.45) is 0 Å². The molecule has 1 atom stereocenters. The molecule has 1 aromatic rings. The third kappa shape index (κ3) is 4.09. The molecule has 0 amide bonds. The minimum atomic E-state index is -3.90. The number of carboxylic acid groups (broad SMARTS) is 1. The molecule has 128 valence electrons. The van der Waals surface area contributed by atoms with Gasteiger partial charge in [0.25, 0.3) is 0 Å². The van der Waals surface area contributed by atoms with E-state index in [0.717, 1.165) is 12.8 Å².